The van der Waals surface area contributed by atoms with Gasteiger partial charge in [0.2, 0.25) is 0 Å². The maximum atomic E-state index is 12.0. The zero-order valence-corrected chi connectivity index (χ0v) is 13.5. The summed E-state index contributed by atoms with van der Waals surface area (Å²) in [6.45, 7) is 4.18. The van der Waals surface area contributed by atoms with Crippen molar-refractivity contribution in [1.82, 2.24) is 15.5 Å². The highest BCUT2D eigenvalue weighted by Gasteiger charge is 2.15. The van der Waals surface area contributed by atoms with Crippen molar-refractivity contribution in [3.8, 4) is 0 Å². The molecule has 1 heterocycles. The highest BCUT2D eigenvalue weighted by molar-refractivity contribution is 5.87. The highest BCUT2D eigenvalue weighted by Crippen LogP contribution is 2.13. The lowest BCUT2D eigenvalue weighted by atomic mass is 10.0. The smallest absolute Gasteiger partial charge is 0.335 e. The number of hydrogen-bond acceptors (Lipinski definition) is 3. The highest BCUT2D eigenvalue weighted by atomic mass is 16.4. The van der Waals surface area contributed by atoms with Gasteiger partial charge in [-0.05, 0) is 43.7 Å². The van der Waals surface area contributed by atoms with Crippen molar-refractivity contribution in [1.29, 1.82) is 0 Å². The van der Waals surface area contributed by atoms with Crippen LogP contribution in [0.5, 0.6) is 0 Å². The molecule has 124 valence electrons. The minimum atomic E-state index is -0.973. The molecule has 1 aromatic carbocycles. The Labute approximate surface area is 136 Å². The normalized spacial score (nSPS) is 16.3. The second kappa shape index (κ2) is 7.78. The number of carbonyl (C=O) groups is 2. The van der Waals surface area contributed by atoms with Gasteiger partial charge in [0.1, 0.15) is 0 Å². The standard InChI is InChI=1S/C17H23N3O3/c1-12(14-6-8-20(2)9-7-14)19-17(23)18-11-13-4-3-5-15(10-13)16(21)22/h3-6,10,12H,7-9,11H2,1-2H3,(H,21,22)(H2,18,19,23). The molecule has 0 spiro atoms. The molecule has 0 saturated carbocycles. The molecule has 1 aromatic rings. The van der Waals surface area contributed by atoms with Crippen molar-refractivity contribution in [3.63, 3.8) is 0 Å². The molecule has 0 saturated heterocycles. The largest absolute Gasteiger partial charge is 0.478 e. The third-order valence-electron chi connectivity index (χ3n) is 3.98. The first kappa shape index (κ1) is 17.0. The number of aromatic carboxylic acids is 1. The van der Waals surface area contributed by atoms with Crippen LogP contribution in [0.4, 0.5) is 4.79 Å². The van der Waals surface area contributed by atoms with Crippen LogP contribution < -0.4 is 10.6 Å². The number of hydrogen-bond donors (Lipinski definition) is 3. The molecule has 1 aliphatic heterocycles. The fourth-order valence-electron chi connectivity index (χ4n) is 2.52. The van der Waals surface area contributed by atoms with E-state index >= 15 is 0 Å². The topological polar surface area (TPSA) is 81.7 Å². The van der Waals surface area contributed by atoms with Crippen molar-refractivity contribution in [2.45, 2.75) is 25.9 Å². The Balaban J connectivity index is 1.83. The number of likely N-dealkylation sites (N-methyl/N-ethyl adjacent to an activating group) is 1. The maximum Gasteiger partial charge on any atom is 0.335 e. The Hall–Kier alpha value is -2.34. The third kappa shape index (κ3) is 5.10. The molecular weight excluding hydrogens is 294 g/mol. The van der Waals surface area contributed by atoms with Crippen LogP contribution in [0.2, 0.25) is 0 Å². The molecule has 1 aliphatic rings. The van der Waals surface area contributed by atoms with E-state index in [1.54, 1.807) is 18.2 Å². The van der Waals surface area contributed by atoms with Gasteiger partial charge in [-0.3, -0.25) is 0 Å². The van der Waals surface area contributed by atoms with Gasteiger partial charge >= 0.3 is 12.0 Å². The summed E-state index contributed by atoms with van der Waals surface area (Å²) in [7, 11) is 2.07. The van der Waals surface area contributed by atoms with Crippen LogP contribution >= 0.6 is 0 Å². The van der Waals surface area contributed by atoms with Gasteiger partial charge in [-0.25, -0.2) is 9.59 Å². The van der Waals surface area contributed by atoms with E-state index in [1.165, 1.54) is 11.6 Å². The fourth-order valence-corrected chi connectivity index (χ4v) is 2.52. The average Bonchev–Trinajstić information content (AvgIpc) is 2.53. The lowest BCUT2D eigenvalue weighted by Gasteiger charge is -2.26. The van der Waals surface area contributed by atoms with E-state index in [4.69, 9.17) is 5.11 Å². The Kier molecular flexibility index (Phi) is 5.76. The van der Waals surface area contributed by atoms with Gasteiger partial charge in [0.15, 0.2) is 0 Å². The molecule has 23 heavy (non-hydrogen) atoms. The predicted octanol–water partition coefficient (Wildman–Crippen LogP) is 1.83. The predicted molar refractivity (Wildman–Crippen MR) is 88.4 cm³/mol. The average molecular weight is 317 g/mol. The Bertz CT molecular complexity index is 613. The second-order valence-corrected chi connectivity index (χ2v) is 5.85. The van der Waals surface area contributed by atoms with E-state index in [9.17, 15) is 9.59 Å². The zero-order valence-electron chi connectivity index (χ0n) is 13.5. The van der Waals surface area contributed by atoms with Crippen LogP contribution in [-0.4, -0.2) is 48.2 Å². The van der Waals surface area contributed by atoms with Crippen molar-refractivity contribution in [2.24, 2.45) is 0 Å². The van der Waals surface area contributed by atoms with Gasteiger partial charge in [0.25, 0.3) is 0 Å². The summed E-state index contributed by atoms with van der Waals surface area (Å²) in [5.41, 5.74) is 2.21. The molecule has 1 atom stereocenters. The summed E-state index contributed by atoms with van der Waals surface area (Å²) in [4.78, 5) is 25.1. The lowest BCUT2D eigenvalue weighted by Crippen LogP contribution is -2.42. The van der Waals surface area contributed by atoms with Crippen LogP contribution in [0.25, 0.3) is 0 Å². The number of carboxylic acids is 1. The van der Waals surface area contributed by atoms with E-state index < -0.39 is 5.97 Å². The van der Waals surface area contributed by atoms with Crippen LogP contribution in [-0.2, 0) is 6.54 Å². The zero-order chi connectivity index (χ0) is 16.8. The van der Waals surface area contributed by atoms with Gasteiger partial charge in [0.05, 0.1) is 5.56 Å². The summed E-state index contributed by atoms with van der Waals surface area (Å²) in [5.74, 6) is -0.973. The Morgan fingerprint density at radius 2 is 2.17 bits per heavy atom. The SMILES string of the molecule is CC(NC(=O)NCc1cccc(C(=O)O)c1)C1=CCN(C)CC1. The first-order valence-corrected chi connectivity index (χ1v) is 7.70. The van der Waals surface area contributed by atoms with Gasteiger partial charge in [-0.1, -0.05) is 18.2 Å². The molecule has 0 aromatic heterocycles. The van der Waals surface area contributed by atoms with Crippen molar-refractivity contribution in [2.75, 3.05) is 20.1 Å². The summed E-state index contributed by atoms with van der Waals surface area (Å²) >= 11 is 0. The van der Waals surface area contributed by atoms with E-state index in [0.29, 0.717) is 6.54 Å². The molecule has 3 N–H and O–H groups in total. The van der Waals surface area contributed by atoms with Crippen LogP contribution in [0.1, 0.15) is 29.3 Å². The van der Waals surface area contributed by atoms with Crippen molar-refractivity contribution >= 4 is 12.0 Å². The van der Waals surface area contributed by atoms with Crippen LogP contribution in [0.15, 0.2) is 35.9 Å². The third-order valence-corrected chi connectivity index (χ3v) is 3.98. The Morgan fingerprint density at radius 3 is 2.83 bits per heavy atom. The number of carbonyl (C=O) groups excluding carboxylic acids is 1. The molecule has 0 bridgehead atoms. The first-order chi connectivity index (χ1) is 11.0. The molecule has 0 radical (unpaired) electrons. The van der Waals surface area contributed by atoms with E-state index in [0.717, 1.165) is 25.1 Å². The fraction of sp³-hybridized carbons (Fsp3) is 0.412. The maximum absolute atomic E-state index is 12.0. The molecular formula is C17H23N3O3. The van der Waals surface area contributed by atoms with Crippen molar-refractivity contribution < 1.29 is 14.7 Å². The summed E-state index contributed by atoms with van der Waals surface area (Å²) in [6.07, 6.45) is 3.11. The van der Waals surface area contributed by atoms with Gasteiger partial charge < -0.3 is 20.6 Å². The number of nitrogens with one attached hydrogen (secondary N) is 2. The van der Waals surface area contributed by atoms with Gasteiger partial charge in [-0.15, -0.1) is 0 Å². The first-order valence-electron chi connectivity index (χ1n) is 7.70. The molecule has 1 unspecified atom stereocenters. The number of nitrogens with zero attached hydrogens (tertiary/aromatic N) is 1. The molecule has 2 rings (SSSR count). The number of carboxylic acid groups (broad SMARTS) is 1. The minimum absolute atomic E-state index is 0.00551. The molecule has 0 aliphatic carbocycles. The molecule has 0 fully saturated rings. The van der Waals surface area contributed by atoms with Crippen LogP contribution in [0, 0.1) is 0 Å². The molecule has 2 amide bonds. The number of amides is 2. The van der Waals surface area contributed by atoms with E-state index in [2.05, 4.69) is 28.7 Å². The minimum Gasteiger partial charge on any atom is -0.478 e. The van der Waals surface area contributed by atoms with Gasteiger partial charge in [-0.2, -0.15) is 0 Å². The van der Waals surface area contributed by atoms with E-state index in [-0.39, 0.29) is 17.6 Å². The second-order valence-electron chi connectivity index (χ2n) is 5.85. The molecule has 6 nitrogen and oxygen atoms in total. The molecule has 6 heteroatoms. The lowest BCUT2D eigenvalue weighted by molar-refractivity contribution is 0.0696. The van der Waals surface area contributed by atoms with Gasteiger partial charge in [0, 0.05) is 25.7 Å². The quantitative estimate of drug-likeness (QED) is 0.724. The number of urea groups is 1. The summed E-state index contributed by atoms with van der Waals surface area (Å²) in [6, 6.07) is 6.29. The number of rotatable bonds is 5. The monoisotopic (exact) mass is 317 g/mol. The van der Waals surface area contributed by atoms with Crippen molar-refractivity contribution in [3.05, 3.63) is 47.0 Å². The summed E-state index contributed by atoms with van der Waals surface area (Å²) < 4.78 is 0. The Morgan fingerprint density at radius 1 is 1.39 bits per heavy atom. The summed E-state index contributed by atoms with van der Waals surface area (Å²) in [5, 5.41) is 14.6. The van der Waals surface area contributed by atoms with E-state index in [1.807, 2.05) is 6.92 Å². The van der Waals surface area contributed by atoms with Crippen LogP contribution in [0.3, 0.4) is 0 Å². The number of benzene rings is 1.